The van der Waals surface area contributed by atoms with Crippen molar-refractivity contribution < 1.29 is 4.79 Å². The molecule has 3 heteroatoms. The molecule has 0 aromatic heterocycles. The number of thioether (sulfide) groups is 1. The van der Waals surface area contributed by atoms with E-state index in [-0.39, 0.29) is 5.91 Å². The number of rotatable bonds is 4. The van der Waals surface area contributed by atoms with E-state index in [2.05, 4.69) is 19.2 Å². The molecule has 0 spiro atoms. The summed E-state index contributed by atoms with van der Waals surface area (Å²) in [6, 6.07) is 0. The first-order chi connectivity index (χ1) is 6.70. The van der Waals surface area contributed by atoms with Gasteiger partial charge in [-0.3, -0.25) is 4.79 Å². The van der Waals surface area contributed by atoms with Gasteiger partial charge in [-0.05, 0) is 36.7 Å². The molecule has 1 aliphatic heterocycles. The van der Waals surface area contributed by atoms with Gasteiger partial charge in [0.05, 0.1) is 0 Å². The largest absolute Gasteiger partial charge is 0.356 e. The van der Waals surface area contributed by atoms with Crippen LogP contribution in [0.2, 0.25) is 0 Å². The number of nitrogens with one attached hydrogen (secondary N) is 1. The standard InChI is InChI=1S/C11H21NOS/c1-9(2)3-6-12-11(13)10-4-7-14-8-5-10/h9-10H,3-8H2,1-2H3,(H,12,13). The molecule has 0 aliphatic carbocycles. The van der Waals surface area contributed by atoms with Crippen LogP contribution in [0.15, 0.2) is 0 Å². The first-order valence-electron chi connectivity index (χ1n) is 5.55. The Morgan fingerprint density at radius 2 is 2.07 bits per heavy atom. The van der Waals surface area contributed by atoms with Crippen molar-refractivity contribution in [2.75, 3.05) is 18.1 Å². The third-order valence-corrected chi connectivity index (χ3v) is 3.66. The summed E-state index contributed by atoms with van der Waals surface area (Å²) < 4.78 is 0. The van der Waals surface area contributed by atoms with Crippen LogP contribution in [0.3, 0.4) is 0 Å². The molecule has 14 heavy (non-hydrogen) atoms. The molecule has 1 heterocycles. The molecule has 2 nitrogen and oxygen atoms in total. The highest BCUT2D eigenvalue weighted by Gasteiger charge is 2.20. The van der Waals surface area contributed by atoms with Crippen LogP contribution in [-0.2, 0) is 4.79 Å². The van der Waals surface area contributed by atoms with E-state index in [1.165, 1.54) is 0 Å². The number of amides is 1. The van der Waals surface area contributed by atoms with Gasteiger partial charge in [0.25, 0.3) is 0 Å². The Balaban J connectivity index is 2.13. The monoisotopic (exact) mass is 215 g/mol. The lowest BCUT2D eigenvalue weighted by molar-refractivity contribution is -0.125. The van der Waals surface area contributed by atoms with Crippen molar-refractivity contribution in [3.05, 3.63) is 0 Å². The summed E-state index contributed by atoms with van der Waals surface area (Å²) in [7, 11) is 0. The van der Waals surface area contributed by atoms with Gasteiger partial charge in [-0.25, -0.2) is 0 Å². The summed E-state index contributed by atoms with van der Waals surface area (Å²) in [6.45, 7) is 5.22. The Bertz CT molecular complexity index is 176. The van der Waals surface area contributed by atoms with Crippen LogP contribution in [0.25, 0.3) is 0 Å². The highest BCUT2D eigenvalue weighted by atomic mass is 32.2. The molecule has 1 N–H and O–H groups in total. The Morgan fingerprint density at radius 1 is 1.43 bits per heavy atom. The Hall–Kier alpha value is -0.180. The summed E-state index contributed by atoms with van der Waals surface area (Å²) in [4.78, 5) is 11.7. The van der Waals surface area contributed by atoms with Crippen molar-refractivity contribution in [2.45, 2.75) is 33.1 Å². The minimum atomic E-state index is 0.283. The van der Waals surface area contributed by atoms with Gasteiger partial charge in [0.2, 0.25) is 5.91 Å². The molecule has 1 aliphatic rings. The second-order valence-corrected chi connectivity index (χ2v) is 5.58. The van der Waals surface area contributed by atoms with Gasteiger partial charge < -0.3 is 5.32 Å². The lowest BCUT2D eigenvalue weighted by atomic mass is 10.0. The zero-order valence-electron chi connectivity index (χ0n) is 9.21. The van der Waals surface area contributed by atoms with Crippen LogP contribution < -0.4 is 5.32 Å². The summed E-state index contributed by atoms with van der Waals surface area (Å²) in [5.41, 5.74) is 0. The van der Waals surface area contributed by atoms with Crippen molar-refractivity contribution in [3.8, 4) is 0 Å². The number of hydrogen-bond donors (Lipinski definition) is 1. The zero-order chi connectivity index (χ0) is 10.4. The van der Waals surface area contributed by atoms with Crippen LogP contribution in [0.5, 0.6) is 0 Å². The molecular formula is C11H21NOS. The van der Waals surface area contributed by atoms with Crippen molar-refractivity contribution >= 4 is 17.7 Å². The predicted octanol–water partition coefficient (Wildman–Crippen LogP) is 2.29. The quantitative estimate of drug-likeness (QED) is 0.779. The van der Waals surface area contributed by atoms with Gasteiger partial charge in [0.15, 0.2) is 0 Å². The molecule has 1 saturated heterocycles. The summed E-state index contributed by atoms with van der Waals surface area (Å²) in [5, 5.41) is 3.04. The number of carbonyl (C=O) groups excluding carboxylic acids is 1. The van der Waals surface area contributed by atoms with Crippen LogP contribution in [0.4, 0.5) is 0 Å². The van der Waals surface area contributed by atoms with Gasteiger partial charge in [-0.15, -0.1) is 0 Å². The minimum absolute atomic E-state index is 0.283. The molecule has 0 aromatic carbocycles. The predicted molar refractivity (Wildman–Crippen MR) is 62.5 cm³/mol. The van der Waals surface area contributed by atoms with Gasteiger partial charge in [-0.1, -0.05) is 13.8 Å². The molecule has 1 fully saturated rings. The van der Waals surface area contributed by atoms with E-state index in [9.17, 15) is 4.79 Å². The molecule has 0 radical (unpaired) electrons. The Morgan fingerprint density at radius 3 is 2.64 bits per heavy atom. The summed E-state index contributed by atoms with van der Waals surface area (Å²) >= 11 is 1.96. The van der Waals surface area contributed by atoms with E-state index in [1.54, 1.807) is 0 Å². The second-order valence-electron chi connectivity index (χ2n) is 4.36. The normalized spacial score (nSPS) is 18.5. The third kappa shape index (κ3) is 4.36. The van der Waals surface area contributed by atoms with Crippen LogP contribution >= 0.6 is 11.8 Å². The highest BCUT2D eigenvalue weighted by molar-refractivity contribution is 7.99. The maximum Gasteiger partial charge on any atom is 0.223 e. The van der Waals surface area contributed by atoms with Crippen LogP contribution in [0.1, 0.15) is 33.1 Å². The van der Waals surface area contributed by atoms with Gasteiger partial charge >= 0.3 is 0 Å². The topological polar surface area (TPSA) is 29.1 Å². The van der Waals surface area contributed by atoms with Gasteiger partial charge in [0, 0.05) is 12.5 Å². The lowest BCUT2D eigenvalue weighted by Crippen LogP contribution is -2.33. The van der Waals surface area contributed by atoms with E-state index in [4.69, 9.17) is 0 Å². The van der Waals surface area contributed by atoms with Crippen LogP contribution in [0, 0.1) is 11.8 Å². The molecule has 0 atom stereocenters. The molecular weight excluding hydrogens is 194 g/mol. The highest BCUT2D eigenvalue weighted by Crippen LogP contribution is 2.22. The van der Waals surface area contributed by atoms with E-state index in [0.29, 0.717) is 11.8 Å². The Labute approximate surface area is 91.2 Å². The molecule has 1 rings (SSSR count). The first kappa shape index (κ1) is 11.9. The van der Waals surface area contributed by atoms with E-state index >= 15 is 0 Å². The van der Waals surface area contributed by atoms with E-state index in [0.717, 1.165) is 37.3 Å². The number of carbonyl (C=O) groups is 1. The lowest BCUT2D eigenvalue weighted by Gasteiger charge is -2.20. The second kappa shape index (κ2) is 6.33. The molecule has 0 bridgehead atoms. The van der Waals surface area contributed by atoms with Crippen molar-refractivity contribution in [1.29, 1.82) is 0 Å². The summed E-state index contributed by atoms with van der Waals surface area (Å²) in [6.07, 6.45) is 3.23. The maximum atomic E-state index is 11.7. The minimum Gasteiger partial charge on any atom is -0.356 e. The molecule has 0 saturated carbocycles. The third-order valence-electron chi connectivity index (χ3n) is 2.61. The van der Waals surface area contributed by atoms with E-state index < -0.39 is 0 Å². The fourth-order valence-corrected chi connectivity index (χ4v) is 2.69. The van der Waals surface area contributed by atoms with Gasteiger partial charge in [-0.2, -0.15) is 11.8 Å². The smallest absolute Gasteiger partial charge is 0.223 e. The fraction of sp³-hybridized carbons (Fsp3) is 0.909. The van der Waals surface area contributed by atoms with Crippen molar-refractivity contribution in [1.82, 2.24) is 5.32 Å². The van der Waals surface area contributed by atoms with Gasteiger partial charge in [0.1, 0.15) is 0 Å². The van der Waals surface area contributed by atoms with E-state index in [1.807, 2.05) is 11.8 Å². The average molecular weight is 215 g/mol. The molecule has 0 unspecified atom stereocenters. The number of hydrogen-bond acceptors (Lipinski definition) is 2. The molecule has 82 valence electrons. The van der Waals surface area contributed by atoms with Crippen molar-refractivity contribution in [3.63, 3.8) is 0 Å². The first-order valence-corrected chi connectivity index (χ1v) is 6.71. The average Bonchev–Trinajstić information content (AvgIpc) is 2.18. The zero-order valence-corrected chi connectivity index (χ0v) is 10.0. The fourth-order valence-electron chi connectivity index (χ4n) is 1.59. The summed E-state index contributed by atoms with van der Waals surface area (Å²) in [5.74, 6) is 3.57. The maximum absolute atomic E-state index is 11.7. The molecule has 0 aromatic rings. The Kier molecular flexibility index (Phi) is 5.38. The SMILES string of the molecule is CC(C)CCNC(=O)C1CCSCC1. The van der Waals surface area contributed by atoms with Crippen LogP contribution in [-0.4, -0.2) is 24.0 Å². The molecule has 1 amide bonds. The van der Waals surface area contributed by atoms with Crippen molar-refractivity contribution in [2.24, 2.45) is 11.8 Å².